The first-order valence-corrected chi connectivity index (χ1v) is 11.3. The Bertz CT molecular complexity index is 800. The zero-order chi connectivity index (χ0) is 22.0. The molecule has 0 saturated carbocycles. The van der Waals surface area contributed by atoms with Crippen LogP contribution in [0.4, 0.5) is 0 Å². The van der Waals surface area contributed by atoms with Crippen molar-refractivity contribution < 1.29 is 14.3 Å². The molecule has 0 bridgehead atoms. The Kier molecular flexibility index (Phi) is 6.89. The van der Waals surface area contributed by atoms with E-state index in [4.69, 9.17) is 4.74 Å². The average molecular weight is 413 g/mol. The fraction of sp³-hybridized carbons (Fsp3) is 0.600. The highest BCUT2D eigenvalue weighted by Crippen LogP contribution is 2.35. The van der Waals surface area contributed by atoms with Crippen molar-refractivity contribution in [2.24, 2.45) is 23.7 Å². The highest BCUT2D eigenvalue weighted by Gasteiger charge is 2.42. The maximum Gasteiger partial charge on any atom is 0.277 e. The molecule has 5 heteroatoms. The largest absolute Gasteiger partial charge is 0.493 e. The van der Waals surface area contributed by atoms with Crippen molar-refractivity contribution in [3.63, 3.8) is 0 Å². The van der Waals surface area contributed by atoms with E-state index in [1.54, 1.807) is 0 Å². The van der Waals surface area contributed by atoms with Crippen LogP contribution in [0.1, 0.15) is 53.5 Å². The normalized spacial score (nSPS) is 22.7. The van der Waals surface area contributed by atoms with Gasteiger partial charge >= 0.3 is 0 Å². The summed E-state index contributed by atoms with van der Waals surface area (Å²) < 4.78 is 5.79. The van der Waals surface area contributed by atoms with Crippen molar-refractivity contribution >= 4 is 17.4 Å². The van der Waals surface area contributed by atoms with E-state index in [0.717, 1.165) is 30.8 Å². The van der Waals surface area contributed by atoms with Gasteiger partial charge < -0.3 is 9.64 Å². The zero-order valence-corrected chi connectivity index (χ0v) is 19.3. The number of imide groups is 1. The number of ether oxygens (including phenoxy) is 1. The molecule has 1 aromatic carbocycles. The van der Waals surface area contributed by atoms with Gasteiger partial charge in [0.05, 0.1) is 12.2 Å². The van der Waals surface area contributed by atoms with Gasteiger partial charge in [-0.25, -0.2) is 0 Å². The number of carbonyl (C=O) groups is 2. The molecule has 30 heavy (non-hydrogen) atoms. The van der Waals surface area contributed by atoms with Gasteiger partial charge in [-0.3, -0.25) is 14.5 Å². The molecule has 5 nitrogen and oxygen atoms in total. The number of piperidine rings is 1. The molecule has 2 aliphatic rings. The summed E-state index contributed by atoms with van der Waals surface area (Å²) in [5.74, 6) is 2.12. The summed E-state index contributed by atoms with van der Waals surface area (Å²) >= 11 is 0. The fourth-order valence-electron chi connectivity index (χ4n) is 4.47. The van der Waals surface area contributed by atoms with E-state index in [1.165, 1.54) is 4.90 Å². The Morgan fingerprint density at radius 1 is 0.933 bits per heavy atom. The number of benzene rings is 1. The Morgan fingerprint density at radius 2 is 1.53 bits per heavy atom. The van der Waals surface area contributed by atoms with Gasteiger partial charge in [0.15, 0.2) is 0 Å². The molecule has 164 valence electrons. The topological polar surface area (TPSA) is 49.9 Å². The predicted octanol–water partition coefficient (Wildman–Crippen LogP) is 4.44. The quantitative estimate of drug-likeness (QED) is 0.622. The molecule has 0 radical (unpaired) electrons. The monoisotopic (exact) mass is 412 g/mol. The van der Waals surface area contributed by atoms with E-state index < -0.39 is 0 Å². The van der Waals surface area contributed by atoms with Crippen molar-refractivity contribution in [1.82, 2.24) is 9.80 Å². The highest BCUT2D eigenvalue weighted by atomic mass is 16.5. The summed E-state index contributed by atoms with van der Waals surface area (Å²) in [5.41, 5.74) is 1.91. The van der Waals surface area contributed by atoms with Crippen LogP contribution in [0.5, 0.6) is 5.75 Å². The third-order valence-corrected chi connectivity index (χ3v) is 5.60. The summed E-state index contributed by atoms with van der Waals surface area (Å²) in [6.45, 7) is 15.4. The van der Waals surface area contributed by atoms with Crippen molar-refractivity contribution in [2.45, 2.75) is 48.0 Å². The van der Waals surface area contributed by atoms with E-state index in [9.17, 15) is 9.59 Å². The molecule has 0 aromatic heterocycles. The number of likely N-dealkylation sites (tertiary alicyclic amines) is 1. The number of hydrogen-bond acceptors (Lipinski definition) is 4. The number of carbonyl (C=O) groups excluding carboxylic acids is 2. The lowest BCUT2D eigenvalue weighted by Crippen LogP contribution is -2.42. The van der Waals surface area contributed by atoms with Gasteiger partial charge in [-0.1, -0.05) is 53.7 Å². The second-order valence-corrected chi connectivity index (χ2v) is 9.92. The van der Waals surface area contributed by atoms with Crippen LogP contribution in [0.2, 0.25) is 0 Å². The van der Waals surface area contributed by atoms with Gasteiger partial charge in [-0.15, -0.1) is 0 Å². The number of amides is 2. The molecule has 3 rings (SSSR count). The van der Waals surface area contributed by atoms with Crippen molar-refractivity contribution in [3.05, 3.63) is 35.5 Å². The summed E-state index contributed by atoms with van der Waals surface area (Å²) in [6.07, 6.45) is 1.15. The molecule has 0 spiro atoms. The van der Waals surface area contributed by atoms with Crippen LogP contribution in [0.15, 0.2) is 30.0 Å². The van der Waals surface area contributed by atoms with Crippen LogP contribution in [-0.4, -0.2) is 47.9 Å². The SMILES string of the molecule is CC(C)COc1ccc(C2=C(N3CC(C)CC(C)C3)C(=O)N(CC(C)C)C2=O)cc1. The first-order valence-electron chi connectivity index (χ1n) is 11.3. The molecule has 2 unspecified atom stereocenters. The lowest BCUT2D eigenvalue weighted by Gasteiger charge is -2.37. The third-order valence-electron chi connectivity index (χ3n) is 5.60. The van der Waals surface area contributed by atoms with Crippen LogP contribution in [0, 0.1) is 23.7 Å². The van der Waals surface area contributed by atoms with E-state index in [2.05, 4.69) is 32.6 Å². The van der Waals surface area contributed by atoms with Crippen LogP contribution >= 0.6 is 0 Å². The van der Waals surface area contributed by atoms with E-state index in [1.807, 2.05) is 38.1 Å². The third kappa shape index (κ3) is 4.88. The smallest absolute Gasteiger partial charge is 0.277 e. The zero-order valence-electron chi connectivity index (χ0n) is 19.3. The molecule has 1 saturated heterocycles. The van der Waals surface area contributed by atoms with E-state index in [0.29, 0.717) is 42.2 Å². The minimum Gasteiger partial charge on any atom is -0.493 e. The highest BCUT2D eigenvalue weighted by molar-refractivity contribution is 6.35. The summed E-state index contributed by atoms with van der Waals surface area (Å²) in [4.78, 5) is 30.3. The minimum atomic E-state index is -0.176. The van der Waals surface area contributed by atoms with Gasteiger partial charge in [-0.2, -0.15) is 0 Å². The Labute approximate surface area is 181 Å². The first kappa shape index (κ1) is 22.4. The predicted molar refractivity (Wildman–Crippen MR) is 120 cm³/mol. The lowest BCUT2D eigenvalue weighted by atomic mass is 9.91. The number of nitrogens with zero attached hydrogens (tertiary/aromatic N) is 2. The molecule has 0 aliphatic carbocycles. The Hall–Kier alpha value is -2.30. The fourth-order valence-corrected chi connectivity index (χ4v) is 4.47. The molecule has 1 aromatic rings. The Morgan fingerprint density at radius 3 is 2.07 bits per heavy atom. The second kappa shape index (κ2) is 9.23. The van der Waals surface area contributed by atoms with Gasteiger partial charge in [0.2, 0.25) is 0 Å². The van der Waals surface area contributed by atoms with E-state index >= 15 is 0 Å². The van der Waals surface area contributed by atoms with E-state index in [-0.39, 0.29) is 17.7 Å². The number of rotatable bonds is 7. The lowest BCUT2D eigenvalue weighted by molar-refractivity contribution is -0.138. The van der Waals surface area contributed by atoms with Crippen LogP contribution in [0.25, 0.3) is 5.57 Å². The van der Waals surface area contributed by atoms with Gasteiger partial charge in [-0.05, 0) is 47.8 Å². The van der Waals surface area contributed by atoms with Crippen LogP contribution in [0.3, 0.4) is 0 Å². The maximum atomic E-state index is 13.4. The van der Waals surface area contributed by atoms with Gasteiger partial charge in [0, 0.05) is 19.6 Å². The van der Waals surface area contributed by atoms with Crippen molar-refractivity contribution in [2.75, 3.05) is 26.2 Å². The molecule has 2 amide bonds. The molecule has 2 heterocycles. The van der Waals surface area contributed by atoms with Gasteiger partial charge in [0.25, 0.3) is 11.8 Å². The molecular formula is C25H36N2O3. The second-order valence-electron chi connectivity index (χ2n) is 9.92. The average Bonchev–Trinajstić information content (AvgIpc) is 2.90. The maximum absolute atomic E-state index is 13.4. The minimum absolute atomic E-state index is 0.148. The molecule has 1 fully saturated rings. The standard InChI is InChI=1S/C25H36N2O3/c1-16(2)12-27-24(28)22(20-7-9-21(10-8-20)30-15-17(3)4)23(25(27)29)26-13-18(5)11-19(6)14-26/h7-10,16-19H,11-15H2,1-6H3. The van der Waals surface area contributed by atoms with Gasteiger partial charge in [0.1, 0.15) is 11.4 Å². The first-order chi connectivity index (χ1) is 14.2. The molecule has 2 aliphatic heterocycles. The Balaban J connectivity index is 1.97. The molecular weight excluding hydrogens is 376 g/mol. The summed E-state index contributed by atoms with van der Waals surface area (Å²) in [6, 6.07) is 7.61. The van der Waals surface area contributed by atoms with Crippen molar-refractivity contribution in [1.29, 1.82) is 0 Å². The van der Waals surface area contributed by atoms with Crippen molar-refractivity contribution in [3.8, 4) is 5.75 Å². The molecule has 0 N–H and O–H groups in total. The summed E-state index contributed by atoms with van der Waals surface area (Å²) in [5, 5.41) is 0. The van der Waals surface area contributed by atoms with Crippen LogP contribution < -0.4 is 4.74 Å². The van der Waals surface area contributed by atoms with Crippen LogP contribution in [-0.2, 0) is 9.59 Å². The molecule has 2 atom stereocenters. The summed E-state index contributed by atoms with van der Waals surface area (Å²) in [7, 11) is 0. The number of hydrogen-bond donors (Lipinski definition) is 0.